The standard InChI is InChI=1S/C28H32N2O2/c1-17-11-8-9-14-21(17)22-15-20(28(4,5)6)16-23(25(22)31-7)26-29-27(32-30-26)24-18(2)12-10-13-19(24)3/h8-16,27H,1-7H3,(H,29,30). The Kier molecular flexibility index (Phi) is 5.72. The smallest absolute Gasteiger partial charge is 0.225 e. The van der Waals surface area contributed by atoms with Crippen molar-refractivity contribution in [1.29, 1.82) is 0 Å². The Hall–Kier alpha value is -3.27. The minimum atomic E-state index is -0.323. The lowest BCUT2D eigenvalue weighted by atomic mass is 9.83. The number of oxime groups is 1. The van der Waals surface area contributed by atoms with Crippen LogP contribution in [0.5, 0.6) is 5.75 Å². The molecule has 0 aromatic heterocycles. The molecule has 1 N–H and O–H groups in total. The molecule has 1 aliphatic rings. The highest BCUT2D eigenvalue weighted by molar-refractivity contribution is 6.04. The van der Waals surface area contributed by atoms with Crippen LogP contribution in [0, 0.1) is 20.8 Å². The Bertz CT molecular complexity index is 1170. The molecule has 1 unspecified atom stereocenters. The maximum absolute atomic E-state index is 5.98. The van der Waals surface area contributed by atoms with E-state index in [-0.39, 0.29) is 11.6 Å². The van der Waals surface area contributed by atoms with Gasteiger partial charge in [0, 0.05) is 11.1 Å². The van der Waals surface area contributed by atoms with Gasteiger partial charge in [0.15, 0.2) is 5.84 Å². The largest absolute Gasteiger partial charge is 0.495 e. The minimum Gasteiger partial charge on any atom is -0.495 e. The molecule has 0 saturated heterocycles. The van der Waals surface area contributed by atoms with Crippen LogP contribution in [0.2, 0.25) is 0 Å². The first-order valence-electron chi connectivity index (χ1n) is 11.1. The van der Waals surface area contributed by atoms with Gasteiger partial charge in [0.2, 0.25) is 6.23 Å². The Morgan fingerprint density at radius 2 is 1.47 bits per heavy atom. The van der Waals surface area contributed by atoms with Crippen LogP contribution in [-0.4, -0.2) is 12.9 Å². The highest BCUT2D eigenvalue weighted by Crippen LogP contribution is 2.40. The van der Waals surface area contributed by atoms with Gasteiger partial charge < -0.3 is 14.9 Å². The van der Waals surface area contributed by atoms with Gasteiger partial charge in [0.1, 0.15) is 5.75 Å². The summed E-state index contributed by atoms with van der Waals surface area (Å²) in [6.45, 7) is 13.0. The van der Waals surface area contributed by atoms with Crippen molar-refractivity contribution in [3.05, 3.63) is 88.0 Å². The first-order chi connectivity index (χ1) is 15.2. The number of nitrogens with zero attached hydrogens (tertiary/aromatic N) is 1. The molecule has 0 bridgehead atoms. The Balaban J connectivity index is 1.84. The van der Waals surface area contributed by atoms with E-state index >= 15 is 0 Å². The quantitative estimate of drug-likeness (QED) is 0.511. The predicted molar refractivity (Wildman–Crippen MR) is 131 cm³/mol. The van der Waals surface area contributed by atoms with Crippen molar-refractivity contribution in [2.75, 3.05) is 7.11 Å². The number of methoxy groups -OCH3 is 1. The maximum Gasteiger partial charge on any atom is 0.225 e. The van der Waals surface area contributed by atoms with Gasteiger partial charge >= 0.3 is 0 Å². The number of rotatable bonds is 4. The second-order valence-electron chi connectivity index (χ2n) is 9.54. The second kappa shape index (κ2) is 8.34. The average molecular weight is 429 g/mol. The lowest BCUT2D eigenvalue weighted by Crippen LogP contribution is -2.26. The summed E-state index contributed by atoms with van der Waals surface area (Å²) < 4.78 is 5.98. The van der Waals surface area contributed by atoms with Gasteiger partial charge in [0.25, 0.3) is 0 Å². The summed E-state index contributed by atoms with van der Waals surface area (Å²) in [5.74, 6) is 1.49. The normalized spacial score (nSPS) is 15.7. The van der Waals surface area contributed by atoms with Gasteiger partial charge in [0.05, 0.1) is 12.7 Å². The third-order valence-electron chi connectivity index (χ3n) is 6.17. The predicted octanol–water partition coefficient (Wildman–Crippen LogP) is 6.57. The number of ether oxygens (including phenoxy) is 1. The van der Waals surface area contributed by atoms with E-state index in [1.807, 2.05) is 0 Å². The van der Waals surface area contributed by atoms with E-state index in [4.69, 9.17) is 9.57 Å². The van der Waals surface area contributed by atoms with E-state index in [0.717, 1.165) is 28.0 Å². The maximum atomic E-state index is 5.98. The molecule has 0 radical (unpaired) electrons. The Morgan fingerprint density at radius 3 is 2.09 bits per heavy atom. The Labute approximate surface area is 191 Å². The topological polar surface area (TPSA) is 42.9 Å². The molecular formula is C28H32N2O2. The van der Waals surface area contributed by atoms with E-state index in [9.17, 15) is 0 Å². The average Bonchev–Trinajstić information content (AvgIpc) is 3.22. The molecule has 0 saturated carbocycles. The van der Waals surface area contributed by atoms with E-state index in [1.54, 1.807) is 7.11 Å². The van der Waals surface area contributed by atoms with Crippen molar-refractivity contribution in [3.8, 4) is 16.9 Å². The summed E-state index contributed by atoms with van der Waals surface area (Å²) in [5, 5.41) is 7.96. The summed E-state index contributed by atoms with van der Waals surface area (Å²) in [4.78, 5) is 5.88. The number of aryl methyl sites for hydroxylation is 3. The van der Waals surface area contributed by atoms with E-state index in [0.29, 0.717) is 5.84 Å². The summed E-state index contributed by atoms with van der Waals surface area (Å²) in [6.07, 6.45) is -0.323. The second-order valence-corrected chi connectivity index (χ2v) is 9.54. The van der Waals surface area contributed by atoms with E-state index in [1.165, 1.54) is 22.3 Å². The van der Waals surface area contributed by atoms with Crippen LogP contribution in [0.1, 0.15) is 60.4 Å². The molecule has 4 nitrogen and oxygen atoms in total. The molecule has 3 aromatic rings. The summed E-state index contributed by atoms with van der Waals surface area (Å²) in [5.41, 5.74) is 8.98. The molecule has 0 amide bonds. The molecule has 0 aliphatic carbocycles. The molecule has 3 aromatic carbocycles. The monoisotopic (exact) mass is 428 g/mol. The zero-order valence-electron chi connectivity index (χ0n) is 20.0. The van der Waals surface area contributed by atoms with E-state index in [2.05, 4.69) is 107 Å². The van der Waals surface area contributed by atoms with E-state index < -0.39 is 0 Å². The molecular weight excluding hydrogens is 396 g/mol. The Morgan fingerprint density at radius 1 is 0.844 bits per heavy atom. The molecule has 4 rings (SSSR count). The molecule has 0 fully saturated rings. The summed E-state index contributed by atoms with van der Waals surface area (Å²) in [6, 6.07) is 19.1. The van der Waals surface area contributed by atoms with Crippen molar-refractivity contribution < 1.29 is 9.57 Å². The summed E-state index contributed by atoms with van der Waals surface area (Å²) in [7, 11) is 1.72. The van der Waals surface area contributed by atoms with Crippen LogP contribution in [-0.2, 0) is 10.3 Å². The number of amidine groups is 1. The SMILES string of the molecule is COc1c(C2=NOC(c3c(C)cccc3C)N2)cc(C(C)(C)C)cc1-c1ccccc1C. The minimum absolute atomic E-state index is 0.0372. The van der Waals surface area contributed by atoms with Crippen molar-refractivity contribution in [2.24, 2.45) is 5.16 Å². The first-order valence-corrected chi connectivity index (χ1v) is 11.1. The number of hydrogen-bond acceptors (Lipinski definition) is 4. The fourth-order valence-corrected chi connectivity index (χ4v) is 4.31. The molecule has 166 valence electrons. The van der Waals surface area contributed by atoms with Crippen molar-refractivity contribution >= 4 is 5.84 Å². The van der Waals surface area contributed by atoms with Crippen LogP contribution in [0.25, 0.3) is 11.1 Å². The van der Waals surface area contributed by atoms with Gasteiger partial charge in [-0.25, -0.2) is 0 Å². The van der Waals surface area contributed by atoms with Crippen LogP contribution in [0.4, 0.5) is 0 Å². The van der Waals surface area contributed by atoms with Gasteiger partial charge in [-0.05, 0) is 66.1 Å². The van der Waals surface area contributed by atoms with Crippen molar-refractivity contribution in [2.45, 2.75) is 53.2 Å². The highest BCUT2D eigenvalue weighted by Gasteiger charge is 2.29. The van der Waals surface area contributed by atoms with Crippen molar-refractivity contribution in [1.82, 2.24) is 5.32 Å². The first kappa shape index (κ1) is 21.9. The van der Waals surface area contributed by atoms with Gasteiger partial charge in [-0.3, -0.25) is 0 Å². The molecule has 1 heterocycles. The molecule has 32 heavy (non-hydrogen) atoms. The zero-order valence-corrected chi connectivity index (χ0v) is 20.0. The third kappa shape index (κ3) is 3.97. The molecule has 0 spiro atoms. The van der Waals surface area contributed by atoms with Crippen molar-refractivity contribution in [3.63, 3.8) is 0 Å². The van der Waals surface area contributed by atoms with Gasteiger partial charge in [-0.2, -0.15) is 0 Å². The van der Waals surface area contributed by atoms with Crippen LogP contribution < -0.4 is 10.1 Å². The molecule has 1 atom stereocenters. The van der Waals surface area contributed by atoms with Gasteiger partial charge in [-0.15, -0.1) is 0 Å². The van der Waals surface area contributed by atoms with Crippen LogP contribution in [0.15, 0.2) is 59.8 Å². The van der Waals surface area contributed by atoms with Gasteiger partial charge in [-0.1, -0.05) is 68.4 Å². The lowest BCUT2D eigenvalue weighted by molar-refractivity contribution is 0.0720. The zero-order chi connectivity index (χ0) is 23.0. The van der Waals surface area contributed by atoms with Crippen LogP contribution >= 0.6 is 0 Å². The highest BCUT2D eigenvalue weighted by atomic mass is 16.7. The molecule has 4 heteroatoms. The third-order valence-corrected chi connectivity index (χ3v) is 6.17. The number of benzene rings is 3. The fourth-order valence-electron chi connectivity index (χ4n) is 4.31. The number of nitrogens with one attached hydrogen (secondary N) is 1. The fraction of sp³-hybridized carbons (Fsp3) is 0.321. The summed E-state index contributed by atoms with van der Waals surface area (Å²) >= 11 is 0. The van der Waals surface area contributed by atoms with Crippen LogP contribution in [0.3, 0.4) is 0 Å². The number of hydrogen-bond donors (Lipinski definition) is 1. The lowest BCUT2D eigenvalue weighted by Gasteiger charge is -2.24. The molecule has 1 aliphatic heterocycles.